The van der Waals surface area contributed by atoms with Crippen LogP contribution >= 0.6 is 0 Å². The second kappa shape index (κ2) is 5.05. The molecular formula is C17H27N. The third-order valence-electron chi connectivity index (χ3n) is 4.74. The predicted octanol–water partition coefficient (Wildman–Crippen LogP) is 4.45. The molecule has 0 radical (unpaired) electrons. The Morgan fingerprint density at radius 3 is 2.28 bits per heavy atom. The largest absolute Gasteiger partial charge is 0.310 e. The Balaban J connectivity index is 2.04. The van der Waals surface area contributed by atoms with Crippen molar-refractivity contribution >= 4 is 0 Å². The van der Waals surface area contributed by atoms with E-state index in [0.717, 1.165) is 6.54 Å². The molecule has 1 unspecified atom stereocenters. The Labute approximate surface area is 112 Å². The molecule has 1 aromatic carbocycles. The Morgan fingerprint density at radius 1 is 1.11 bits per heavy atom. The zero-order valence-electron chi connectivity index (χ0n) is 12.6. The lowest BCUT2D eigenvalue weighted by molar-refractivity contribution is 0.152. The SMILES string of the molecule is Cc1cc(C)c(C(C)NCC2(C)CCC2)cc1C. The molecule has 0 bridgehead atoms. The molecule has 1 N–H and O–H groups in total. The van der Waals surface area contributed by atoms with E-state index in [1.54, 1.807) is 0 Å². The van der Waals surface area contributed by atoms with Gasteiger partial charge in [-0.05, 0) is 68.2 Å². The van der Waals surface area contributed by atoms with Gasteiger partial charge in [0.05, 0.1) is 0 Å². The van der Waals surface area contributed by atoms with Gasteiger partial charge in [-0.2, -0.15) is 0 Å². The molecule has 1 heteroatoms. The van der Waals surface area contributed by atoms with Gasteiger partial charge in [-0.25, -0.2) is 0 Å². The molecule has 1 saturated carbocycles. The van der Waals surface area contributed by atoms with E-state index in [0.29, 0.717) is 11.5 Å². The van der Waals surface area contributed by atoms with Crippen molar-refractivity contribution in [2.75, 3.05) is 6.54 Å². The number of hydrogen-bond acceptors (Lipinski definition) is 1. The first-order valence-electron chi connectivity index (χ1n) is 7.22. The molecule has 0 heterocycles. The quantitative estimate of drug-likeness (QED) is 0.826. The van der Waals surface area contributed by atoms with Crippen molar-refractivity contribution in [1.82, 2.24) is 5.32 Å². The van der Waals surface area contributed by atoms with Crippen LogP contribution < -0.4 is 5.32 Å². The van der Waals surface area contributed by atoms with Crippen LogP contribution in [0.5, 0.6) is 0 Å². The highest BCUT2D eigenvalue weighted by atomic mass is 14.9. The van der Waals surface area contributed by atoms with Gasteiger partial charge in [-0.15, -0.1) is 0 Å². The molecule has 0 amide bonds. The van der Waals surface area contributed by atoms with Crippen LogP contribution in [-0.4, -0.2) is 6.54 Å². The van der Waals surface area contributed by atoms with Crippen molar-refractivity contribution in [2.45, 2.75) is 59.9 Å². The molecule has 1 aliphatic carbocycles. The molecule has 0 aliphatic heterocycles. The van der Waals surface area contributed by atoms with Crippen molar-refractivity contribution < 1.29 is 0 Å². The molecule has 100 valence electrons. The second-order valence-electron chi connectivity index (χ2n) is 6.56. The highest BCUT2D eigenvalue weighted by Gasteiger charge is 2.31. The molecule has 0 saturated heterocycles. The van der Waals surface area contributed by atoms with Gasteiger partial charge >= 0.3 is 0 Å². The minimum Gasteiger partial charge on any atom is -0.310 e. The normalized spacial score (nSPS) is 19.4. The van der Waals surface area contributed by atoms with Gasteiger partial charge in [0.25, 0.3) is 0 Å². The van der Waals surface area contributed by atoms with Crippen LogP contribution in [0.1, 0.15) is 61.4 Å². The summed E-state index contributed by atoms with van der Waals surface area (Å²) in [6.07, 6.45) is 4.19. The van der Waals surface area contributed by atoms with E-state index in [-0.39, 0.29) is 0 Å². The third kappa shape index (κ3) is 2.77. The van der Waals surface area contributed by atoms with Gasteiger partial charge in [0, 0.05) is 12.6 Å². The summed E-state index contributed by atoms with van der Waals surface area (Å²) in [6, 6.07) is 5.13. The van der Waals surface area contributed by atoms with Gasteiger partial charge in [-0.1, -0.05) is 25.5 Å². The predicted molar refractivity (Wildman–Crippen MR) is 79.0 cm³/mol. The highest BCUT2D eigenvalue weighted by Crippen LogP contribution is 2.40. The number of benzene rings is 1. The van der Waals surface area contributed by atoms with Gasteiger partial charge in [0.2, 0.25) is 0 Å². The van der Waals surface area contributed by atoms with E-state index >= 15 is 0 Å². The molecule has 1 aliphatic rings. The topological polar surface area (TPSA) is 12.0 Å². The Hall–Kier alpha value is -0.820. The Bertz CT molecular complexity index is 429. The van der Waals surface area contributed by atoms with Gasteiger partial charge in [0.1, 0.15) is 0 Å². The Kier molecular flexibility index (Phi) is 3.82. The molecule has 0 aromatic heterocycles. The minimum absolute atomic E-state index is 0.460. The zero-order valence-corrected chi connectivity index (χ0v) is 12.6. The smallest absolute Gasteiger partial charge is 0.0294 e. The molecule has 1 atom stereocenters. The van der Waals surface area contributed by atoms with Crippen molar-refractivity contribution in [3.63, 3.8) is 0 Å². The number of rotatable bonds is 4. The molecular weight excluding hydrogens is 218 g/mol. The van der Waals surface area contributed by atoms with Crippen molar-refractivity contribution in [3.8, 4) is 0 Å². The molecule has 1 aromatic rings. The van der Waals surface area contributed by atoms with Crippen molar-refractivity contribution in [2.24, 2.45) is 5.41 Å². The lowest BCUT2D eigenvalue weighted by atomic mass is 9.70. The van der Waals surface area contributed by atoms with E-state index in [2.05, 4.69) is 52.1 Å². The van der Waals surface area contributed by atoms with Crippen LogP contribution in [0.2, 0.25) is 0 Å². The standard InChI is InChI=1S/C17H27N/c1-12-9-14(3)16(10-13(12)2)15(4)18-11-17(5)7-6-8-17/h9-10,15,18H,6-8,11H2,1-5H3. The van der Waals surface area contributed by atoms with Crippen LogP contribution in [0, 0.1) is 26.2 Å². The summed E-state index contributed by atoms with van der Waals surface area (Å²) in [5.74, 6) is 0. The average molecular weight is 245 g/mol. The van der Waals surface area contributed by atoms with E-state index in [9.17, 15) is 0 Å². The van der Waals surface area contributed by atoms with Crippen molar-refractivity contribution in [1.29, 1.82) is 0 Å². The van der Waals surface area contributed by atoms with Gasteiger partial charge in [-0.3, -0.25) is 0 Å². The van der Waals surface area contributed by atoms with E-state index in [4.69, 9.17) is 0 Å². The summed E-state index contributed by atoms with van der Waals surface area (Å²) >= 11 is 0. The fourth-order valence-corrected chi connectivity index (χ4v) is 2.92. The van der Waals surface area contributed by atoms with Crippen LogP contribution in [0.25, 0.3) is 0 Å². The number of hydrogen-bond donors (Lipinski definition) is 1. The van der Waals surface area contributed by atoms with Crippen LogP contribution in [0.4, 0.5) is 0 Å². The summed E-state index contributed by atoms with van der Waals surface area (Å²) in [5.41, 5.74) is 6.23. The first-order chi connectivity index (χ1) is 8.41. The second-order valence-corrected chi connectivity index (χ2v) is 6.56. The minimum atomic E-state index is 0.460. The van der Waals surface area contributed by atoms with Crippen molar-refractivity contribution in [3.05, 3.63) is 34.4 Å². The summed E-state index contributed by atoms with van der Waals surface area (Å²) in [4.78, 5) is 0. The molecule has 0 spiro atoms. The zero-order chi connectivity index (χ0) is 13.3. The monoisotopic (exact) mass is 245 g/mol. The summed E-state index contributed by atoms with van der Waals surface area (Å²) in [7, 11) is 0. The van der Waals surface area contributed by atoms with Gasteiger partial charge in [0.15, 0.2) is 0 Å². The first-order valence-corrected chi connectivity index (χ1v) is 7.22. The summed E-state index contributed by atoms with van der Waals surface area (Å²) in [6.45, 7) is 12.5. The van der Waals surface area contributed by atoms with E-state index in [1.807, 2.05) is 0 Å². The van der Waals surface area contributed by atoms with Crippen LogP contribution in [-0.2, 0) is 0 Å². The molecule has 1 fully saturated rings. The average Bonchev–Trinajstić information content (AvgIpc) is 2.28. The molecule has 2 rings (SSSR count). The maximum Gasteiger partial charge on any atom is 0.0294 e. The summed E-state index contributed by atoms with van der Waals surface area (Å²) < 4.78 is 0. The molecule has 1 nitrogen and oxygen atoms in total. The van der Waals surface area contributed by atoms with E-state index in [1.165, 1.54) is 41.5 Å². The number of aryl methyl sites for hydroxylation is 3. The van der Waals surface area contributed by atoms with E-state index < -0.39 is 0 Å². The maximum atomic E-state index is 3.73. The first kappa shape index (κ1) is 13.6. The maximum absolute atomic E-state index is 3.73. The fourth-order valence-electron chi connectivity index (χ4n) is 2.92. The summed E-state index contributed by atoms with van der Waals surface area (Å²) in [5, 5.41) is 3.73. The third-order valence-corrected chi connectivity index (χ3v) is 4.74. The van der Waals surface area contributed by atoms with Crippen LogP contribution in [0.3, 0.4) is 0 Å². The fraction of sp³-hybridized carbons (Fsp3) is 0.647. The lowest BCUT2D eigenvalue weighted by Gasteiger charge is -2.39. The Morgan fingerprint density at radius 2 is 1.72 bits per heavy atom. The number of nitrogens with one attached hydrogen (secondary N) is 1. The lowest BCUT2D eigenvalue weighted by Crippen LogP contribution is -2.38. The van der Waals surface area contributed by atoms with Crippen LogP contribution in [0.15, 0.2) is 12.1 Å². The molecule has 18 heavy (non-hydrogen) atoms. The van der Waals surface area contributed by atoms with Gasteiger partial charge < -0.3 is 5.32 Å². The highest BCUT2D eigenvalue weighted by molar-refractivity contribution is 5.38.